The van der Waals surface area contributed by atoms with Gasteiger partial charge in [0.05, 0.1) is 13.2 Å². The summed E-state index contributed by atoms with van der Waals surface area (Å²) < 4.78 is 0. The quantitative estimate of drug-likeness (QED) is 0.862. The Morgan fingerprint density at radius 2 is 2.09 bits per heavy atom. The van der Waals surface area contributed by atoms with Crippen LogP contribution in [0.4, 0.5) is 5.69 Å². The average molecular weight is 305 g/mol. The highest BCUT2D eigenvalue weighted by atomic mass is 16.3. The molecule has 122 valence electrons. The summed E-state index contributed by atoms with van der Waals surface area (Å²) in [7, 11) is 2.04. The van der Waals surface area contributed by atoms with Crippen LogP contribution in [0.2, 0.25) is 0 Å². The van der Waals surface area contributed by atoms with Crippen LogP contribution >= 0.6 is 0 Å². The number of carbonyl (C=O) groups is 1. The minimum absolute atomic E-state index is 0.0175. The molecule has 5 nitrogen and oxygen atoms in total. The summed E-state index contributed by atoms with van der Waals surface area (Å²) in [6.07, 6.45) is 0. The molecule has 2 rings (SSSR count). The maximum absolute atomic E-state index is 12.4. The number of carbonyl (C=O) groups excluding carboxylic acids is 1. The minimum Gasteiger partial charge on any atom is -0.395 e. The lowest BCUT2D eigenvalue weighted by atomic mass is 10.0. The van der Waals surface area contributed by atoms with Gasteiger partial charge in [0.25, 0.3) is 0 Å². The van der Waals surface area contributed by atoms with E-state index < -0.39 is 0 Å². The number of piperazine rings is 1. The molecule has 0 bridgehead atoms. The molecule has 22 heavy (non-hydrogen) atoms. The first-order valence-electron chi connectivity index (χ1n) is 7.93. The zero-order chi connectivity index (χ0) is 16.1. The molecule has 2 N–H and O–H groups in total. The van der Waals surface area contributed by atoms with E-state index in [-0.39, 0.29) is 18.6 Å². The van der Waals surface area contributed by atoms with E-state index in [9.17, 15) is 9.90 Å². The van der Waals surface area contributed by atoms with E-state index in [0.29, 0.717) is 12.5 Å². The SMILES string of the molecule is CC(C)c1ccccc1NC(=O)CN1CCN(C)CC1CO. The molecule has 1 aromatic rings. The molecular weight excluding hydrogens is 278 g/mol. The van der Waals surface area contributed by atoms with Gasteiger partial charge in [0, 0.05) is 31.4 Å². The lowest BCUT2D eigenvalue weighted by Crippen LogP contribution is -2.55. The Bertz CT molecular complexity index is 504. The second-order valence-electron chi connectivity index (χ2n) is 6.36. The smallest absolute Gasteiger partial charge is 0.238 e. The molecule has 1 aromatic carbocycles. The van der Waals surface area contributed by atoms with E-state index in [2.05, 4.69) is 29.0 Å². The first-order valence-corrected chi connectivity index (χ1v) is 7.93. The van der Waals surface area contributed by atoms with Crippen LogP contribution in [0.15, 0.2) is 24.3 Å². The van der Waals surface area contributed by atoms with Gasteiger partial charge < -0.3 is 15.3 Å². The molecular formula is C17H27N3O2. The van der Waals surface area contributed by atoms with Crippen molar-refractivity contribution in [3.8, 4) is 0 Å². The van der Waals surface area contributed by atoms with Crippen LogP contribution in [0.5, 0.6) is 0 Å². The number of aliphatic hydroxyl groups is 1. The molecule has 5 heteroatoms. The van der Waals surface area contributed by atoms with Gasteiger partial charge in [-0.1, -0.05) is 32.0 Å². The van der Waals surface area contributed by atoms with Crippen LogP contribution in [0.25, 0.3) is 0 Å². The van der Waals surface area contributed by atoms with Gasteiger partial charge in [0.2, 0.25) is 5.91 Å². The van der Waals surface area contributed by atoms with Crippen molar-refractivity contribution in [2.45, 2.75) is 25.8 Å². The molecule has 1 aliphatic rings. The number of hydrogen-bond donors (Lipinski definition) is 2. The Balaban J connectivity index is 1.98. The second kappa shape index (κ2) is 7.72. The van der Waals surface area contributed by atoms with Crippen molar-refractivity contribution in [1.29, 1.82) is 0 Å². The molecule has 0 aromatic heterocycles. The van der Waals surface area contributed by atoms with E-state index in [1.165, 1.54) is 0 Å². The monoisotopic (exact) mass is 305 g/mol. The Kier molecular flexibility index (Phi) is 5.94. The van der Waals surface area contributed by atoms with Crippen molar-refractivity contribution in [2.75, 3.05) is 45.2 Å². The topological polar surface area (TPSA) is 55.8 Å². The molecule has 0 aliphatic carbocycles. The summed E-state index contributed by atoms with van der Waals surface area (Å²) in [6.45, 7) is 7.17. The number of nitrogens with zero attached hydrogens (tertiary/aromatic N) is 2. The summed E-state index contributed by atoms with van der Waals surface area (Å²) in [5.74, 6) is 0.349. The summed E-state index contributed by atoms with van der Waals surface area (Å²) in [5, 5.41) is 12.5. The standard InChI is InChI=1S/C17H27N3O2/c1-13(2)15-6-4-5-7-16(15)18-17(22)11-20-9-8-19(3)10-14(20)12-21/h4-7,13-14,21H,8-12H2,1-3H3,(H,18,22). The van der Waals surface area contributed by atoms with E-state index >= 15 is 0 Å². The number of para-hydroxylation sites is 1. The van der Waals surface area contributed by atoms with Crippen LogP contribution in [-0.2, 0) is 4.79 Å². The molecule has 0 saturated carbocycles. The fourth-order valence-electron chi connectivity index (χ4n) is 2.92. The first-order chi connectivity index (χ1) is 10.5. The highest BCUT2D eigenvalue weighted by Crippen LogP contribution is 2.23. The third-order valence-electron chi connectivity index (χ3n) is 4.22. The molecule has 1 unspecified atom stereocenters. The number of aliphatic hydroxyl groups excluding tert-OH is 1. The van der Waals surface area contributed by atoms with E-state index in [1.54, 1.807) is 0 Å². The van der Waals surface area contributed by atoms with E-state index in [1.807, 2.05) is 31.3 Å². The number of anilines is 1. The van der Waals surface area contributed by atoms with E-state index in [0.717, 1.165) is 30.9 Å². The van der Waals surface area contributed by atoms with Gasteiger partial charge in [0.1, 0.15) is 0 Å². The summed E-state index contributed by atoms with van der Waals surface area (Å²) in [6, 6.07) is 7.96. The van der Waals surface area contributed by atoms with Crippen LogP contribution in [0, 0.1) is 0 Å². The Morgan fingerprint density at radius 3 is 2.77 bits per heavy atom. The van der Waals surface area contributed by atoms with Crippen LogP contribution < -0.4 is 5.32 Å². The molecule has 0 radical (unpaired) electrons. The fraction of sp³-hybridized carbons (Fsp3) is 0.588. The Morgan fingerprint density at radius 1 is 1.36 bits per heavy atom. The molecule has 1 aliphatic heterocycles. The largest absolute Gasteiger partial charge is 0.395 e. The summed E-state index contributed by atoms with van der Waals surface area (Å²) in [5.41, 5.74) is 2.03. The lowest BCUT2D eigenvalue weighted by Gasteiger charge is -2.38. The molecule has 1 atom stereocenters. The number of likely N-dealkylation sites (N-methyl/N-ethyl adjacent to an activating group) is 1. The fourth-order valence-corrected chi connectivity index (χ4v) is 2.92. The summed E-state index contributed by atoms with van der Waals surface area (Å²) in [4.78, 5) is 16.6. The van der Waals surface area contributed by atoms with Crippen LogP contribution in [0.1, 0.15) is 25.3 Å². The van der Waals surface area contributed by atoms with Crippen LogP contribution in [0.3, 0.4) is 0 Å². The Labute approximate surface area is 132 Å². The van der Waals surface area contributed by atoms with Crippen molar-refractivity contribution in [3.63, 3.8) is 0 Å². The van der Waals surface area contributed by atoms with Crippen molar-refractivity contribution in [3.05, 3.63) is 29.8 Å². The summed E-state index contributed by atoms with van der Waals surface area (Å²) >= 11 is 0. The molecule has 0 spiro atoms. The highest BCUT2D eigenvalue weighted by molar-refractivity contribution is 5.93. The predicted molar refractivity (Wildman–Crippen MR) is 89.1 cm³/mol. The average Bonchev–Trinajstić information content (AvgIpc) is 2.49. The lowest BCUT2D eigenvalue weighted by molar-refractivity contribution is -0.118. The zero-order valence-corrected chi connectivity index (χ0v) is 13.7. The molecule has 1 amide bonds. The maximum Gasteiger partial charge on any atom is 0.238 e. The van der Waals surface area contributed by atoms with Crippen molar-refractivity contribution in [2.24, 2.45) is 0 Å². The van der Waals surface area contributed by atoms with Crippen LogP contribution in [-0.4, -0.2) is 66.7 Å². The number of amides is 1. The third-order valence-corrected chi connectivity index (χ3v) is 4.22. The minimum atomic E-state index is -0.0175. The molecule has 1 saturated heterocycles. The number of benzene rings is 1. The number of rotatable bonds is 5. The number of nitrogens with one attached hydrogen (secondary N) is 1. The Hall–Kier alpha value is -1.43. The van der Waals surface area contributed by atoms with Crippen molar-refractivity contribution >= 4 is 11.6 Å². The molecule has 1 fully saturated rings. The van der Waals surface area contributed by atoms with Gasteiger partial charge in [0.15, 0.2) is 0 Å². The van der Waals surface area contributed by atoms with Gasteiger partial charge in [-0.2, -0.15) is 0 Å². The molecule has 1 heterocycles. The first kappa shape index (κ1) is 16.9. The van der Waals surface area contributed by atoms with Gasteiger partial charge in [-0.05, 0) is 24.6 Å². The zero-order valence-electron chi connectivity index (χ0n) is 13.7. The van der Waals surface area contributed by atoms with Gasteiger partial charge in [-0.15, -0.1) is 0 Å². The predicted octanol–water partition coefficient (Wildman–Crippen LogP) is 1.36. The maximum atomic E-state index is 12.4. The highest BCUT2D eigenvalue weighted by Gasteiger charge is 2.26. The second-order valence-corrected chi connectivity index (χ2v) is 6.36. The number of hydrogen-bond acceptors (Lipinski definition) is 4. The van der Waals surface area contributed by atoms with E-state index in [4.69, 9.17) is 0 Å². The van der Waals surface area contributed by atoms with Gasteiger partial charge >= 0.3 is 0 Å². The third kappa shape index (κ3) is 4.29. The van der Waals surface area contributed by atoms with Gasteiger partial charge in [-0.3, -0.25) is 9.69 Å². The normalized spacial score (nSPS) is 20.3. The van der Waals surface area contributed by atoms with Gasteiger partial charge in [-0.25, -0.2) is 0 Å². The van der Waals surface area contributed by atoms with Crippen molar-refractivity contribution < 1.29 is 9.90 Å². The van der Waals surface area contributed by atoms with Crippen molar-refractivity contribution in [1.82, 2.24) is 9.80 Å².